The van der Waals surface area contributed by atoms with E-state index in [0.717, 1.165) is 98.3 Å². The number of hydrogen-bond acceptors (Lipinski definition) is 12. The van der Waals surface area contributed by atoms with Gasteiger partial charge in [-0.25, -0.2) is 19.2 Å². The molecule has 2 aliphatic rings. The molecule has 0 atom stereocenters. The van der Waals surface area contributed by atoms with Crippen molar-refractivity contribution < 1.29 is 38.1 Å². The van der Waals surface area contributed by atoms with E-state index in [9.17, 15) is 19.2 Å². The summed E-state index contributed by atoms with van der Waals surface area (Å²) in [6.45, 7) is 8.01. The Kier molecular flexibility index (Phi) is 25.8. The summed E-state index contributed by atoms with van der Waals surface area (Å²) in [5, 5.41) is 0. The molecule has 2 saturated carbocycles. The Morgan fingerprint density at radius 3 is 1.17 bits per heavy atom. The average molecular weight is 1020 g/mol. The Balaban J connectivity index is 0.000000277. The molecule has 0 bridgehead atoms. The Labute approximate surface area is 446 Å². The lowest BCUT2D eigenvalue weighted by molar-refractivity contribution is -0.138. The number of unbranched alkanes of at least 4 members (excludes halogenated alkanes) is 7. The molecule has 12 heteroatoms. The van der Waals surface area contributed by atoms with Crippen molar-refractivity contribution in [3.05, 3.63) is 156 Å². The van der Waals surface area contributed by atoms with Gasteiger partial charge in [-0.1, -0.05) is 81.4 Å². The van der Waals surface area contributed by atoms with Crippen LogP contribution in [-0.4, -0.2) is 49.3 Å². The largest absolute Gasteiger partial charge is 0.462 e. The van der Waals surface area contributed by atoms with Crippen LogP contribution in [0, 0.1) is 11.8 Å². The first-order chi connectivity index (χ1) is 36.3. The molecule has 2 fully saturated rings. The highest BCUT2D eigenvalue weighted by atomic mass is 16.6. The maximum Gasteiger partial charge on any atom is 0.338 e. The van der Waals surface area contributed by atoms with Gasteiger partial charge in [0.15, 0.2) is 0 Å². The number of nitrogens with two attached hydrogens (primary N) is 4. The van der Waals surface area contributed by atoms with E-state index in [1.165, 1.54) is 69.9 Å². The number of carbonyl (C=O) groups is 4. The van der Waals surface area contributed by atoms with E-state index in [2.05, 4.69) is 13.2 Å². The molecule has 0 radical (unpaired) electrons. The molecule has 4 aromatic rings. The number of benzene rings is 4. The predicted octanol–water partition coefficient (Wildman–Crippen LogP) is 13.4. The van der Waals surface area contributed by atoms with Crippen molar-refractivity contribution in [2.24, 2.45) is 11.8 Å². The monoisotopic (exact) mass is 1020 g/mol. The molecule has 0 aliphatic heterocycles. The first-order valence-corrected chi connectivity index (χ1v) is 27.2. The third-order valence-corrected chi connectivity index (χ3v) is 13.9. The first kappa shape index (κ1) is 58.8. The van der Waals surface area contributed by atoms with Crippen LogP contribution >= 0.6 is 0 Å². The predicted molar refractivity (Wildman–Crippen MR) is 304 cm³/mol. The van der Waals surface area contributed by atoms with E-state index in [4.69, 9.17) is 41.9 Å². The number of anilines is 4. The fraction of sp³-hybridized carbons (Fsp3) is 0.429. The third kappa shape index (κ3) is 23.3. The molecule has 2 aliphatic carbocycles. The molecule has 0 aromatic heterocycles. The van der Waals surface area contributed by atoms with E-state index in [1.807, 2.05) is 36.4 Å². The molecule has 0 spiro atoms. The minimum atomic E-state index is -0.437. The topological polar surface area (TPSA) is 209 Å². The van der Waals surface area contributed by atoms with Crippen LogP contribution in [0.3, 0.4) is 0 Å². The van der Waals surface area contributed by atoms with Crippen LogP contribution in [0.1, 0.15) is 165 Å². The first-order valence-electron chi connectivity index (χ1n) is 27.2. The van der Waals surface area contributed by atoms with Crippen LogP contribution in [0.4, 0.5) is 22.7 Å². The molecule has 8 N–H and O–H groups in total. The van der Waals surface area contributed by atoms with Crippen molar-refractivity contribution >= 4 is 58.8 Å². The maximum atomic E-state index is 12.6. The molecule has 12 nitrogen and oxygen atoms in total. The molecule has 0 heterocycles. The lowest BCUT2D eigenvalue weighted by Gasteiger charge is -2.28. The van der Waals surface area contributed by atoms with Crippen molar-refractivity contribution in [3.63, 3.8) is 0 Å². The Hall–Kier alpha value is -7.08. The Bertz CT molecular complexity index is 2430. The summed E-state index contributed by atoms with van der Waals surface area (Å²) in [5.41, 5.74) is 29.9. The van der Waals surface area contributed by atoms with Gasteiger partial charge in [-0.05, 0) is 184 Å². The van der Waals surface area contributed by atoms with E-state index in [-0.39, 0.29) is 37.4 Å². The van der Waals surface area contributed by atoms with Crippen LogP contribution in [0.15, 0.2) is 122 Å². The van der Waals surface area contributed by atoms with Gasteiger partial charge in [0.25, 0.3) is 0 Å². The van der Waals surface area contributed by atoms with Crippen LogP contribution in [0.5, 0.6) is 0 Å². The Morgan fingerprint density at radius 1 is 0.467 bits per heavy atom. The fourth-order valence-electron chi connectivity index (χ4n) is 9.69. The van der Waals surface area contributed by atoms with Gasteiger partial charge in [-0.2, -0.15) is 0 Å². The summed E-state index contributed by atoms with van der Waals surface area (Å²) in [5.74, 6) is 0.0737. The second-order valence-corrected chi connectivity index (χ2v) is 20.1. The molecule has 0 amide bonds. The zero-order chi connectivity index (χ0) is 53.6. The maximum absolute atomic E-state index is 12.6. The molecule has 4 aromatic carbocycles. The normalized spacial score (nSPS) is 17.3. The van der Waals surface area contributed by atoms with Crippen molar-refractivity contribution in [1.82, 2.24) is 0 Å². The molecule has 402 valence electrons. The number of ether oxygens (including phenoxy) is 4. The van der Waals surface area contributed by atoms with Gasteiger partial charge in [-0.3, -0.25) is 0 Å². The van der Waals surface area contributed by atoms with Crippen molar-refractivity contribution in [2.45, 2.75) is 147 Å². The van der Waals surface area contributed by atoms with Gasteiger partial charge in [0.1, 0.15) is 12.2 Å². The van der Waals surface area contributed by atoms with E-state index in [1.54, 1.807) is 72.8 Å². The van der Waals surface area contributed by atoms with Crippen LogP contribution in [0.25, 0.3) is 12.2 Å². The van der Waals surface area contributed by atoms with E-state index < -0.39 is 11.9 Å². The summed E-state index contributed by atoms with van der Waals surface area (Å²) in [7, 11) is 0. The molecular weight excluding hydrogens is 941 g/mol. The van der Waals surface area contributed by atoms with Gasteiger partial charge >= 0.3 is 23.9 Å². The minimum Gasteiger partial charge on any atom is -0.462 e. The lowest BCUT2D eigenvalue weighted by atomic mass is 9.84. The molecule has 6 rings (SSSR count). The SMILES string of the molecule is C=CCCCCCC1CCC(OC(=O)c2ccc(/C=C/C(=O)OCCc3cc(N)cc(N)c3)cc2)CC1.C=CCCCCCCC1CCC(OC(=O)c2ccc(/C=C/C(=O)OCCc3cc(N)cc(N)c3)cc2)CC1. The van der Waals surface area contributed by atoms with Crippen LogP contribution in [-0.2, 0) is 41.4 Å². The zero-order valence-electron chi connectivity index (χ0n) is 44.1. The van der Waals surface area contributed by atoms with Crippen molar-refractivity contribution in [1.29, 1.82) is 0 Å². The molecule has 75 heavy (non-hydrogen) atoms. The minimum absolute atomic E-state index is 0.00243. The van der Waals surface area contributed by atoms with Crippen LogP contribution < -0.4 is 22.9 Å². The molecular formula is C63H82N4O8. The molecule has 0 saturated heterocycles. The second kappa shape index (κ2) is 33.0. The highest BCUT2D eigenvalue weighted by Gasteiger charge is 2.25. The highest BCUT2D eigenvalue weighted by molar-refractivity contribution is 5.91. The number of esters is 4. The Morgan fingerprint density at radius 2 is 0.813 bits per heavy atom. The number of allylic oxidation sites excluding steroid dienone is 2. The summed E-state index contributed by atoms with van der Waals surface area (Å²) >= 11 is 0. The van der Waals surface area contributed by atoms with Crippen LogP contribution in [0.2, 0.25) is 0 Å². The number of hydrogen-bond donors (Lipinski definition) is 4. The van der Waals surface area contributed by atoms with Gasteiger partial charge in [-0.15, -0.1) is 13.2 Å². The smallest absolute Gasteiger partial charge is 0.338 e. The van der Waals surface area contributed by atoms with Crippen molar-refractivity contribution in [3.8, 4) is 0 Å². The number of rotatable bonds is 27. The van der Waals surface area contributed by atoms with Gasteiger partial charge in [0.2, 0.25) is 0 Å². The van der Waals surface area contributed by atoms with Crippen molar-refractivity contribution in [2.75, 3.05) is 36.1 Å². The second-order valence-electron chi connectivity index (χ2n) is 20.1. The third-order valence-electron chi connectivity index (χ3n) is 13.9. The van der Waals surface area contributed by atoms with Gasteiger partial charge < -0.3 is 41.9 Å². The average Bonchev–Trinajstić information content (AvgIpc) is 3.39. The standard InChI is InChI=1S/C32H42N2O4.C31H40N2O4/c1-2-3-4-5-6-7-8-24-11-16-30(17-12-24)38-32(36)27-14-9-25(10-15-27)13-18-31(35)37-20-19-26-21-28(33)23-29(34)22-26;1-2-3-4-5-6-7-23-10-15-29(16-11-23)37-31(35)26-13-8-24(9-14-26)12-17-30(34)36-19-18-25-20-27(32)22-28(33)21-25/h2,9-10,13-15,18,21-24,30H,1,3-8,11-12,16-17,19-20,33-34H2;2,8-9,12-14,17,20-23,29H,1,3-7,10-11,15-16,18-19,32-33H2/b18-13+;17-12+. The fourth-order valence-corrected chi connectivity index (χ4v) is 9.69. The number of nitrogen functional groups attached to an aromatic ring is 4. The number of carbonyl (C=O) groups excluding carboxylic acids is 4. The summed E-state index contributed by atoms with van der Waals surface area (Å²) in [6.07, 6.45) is 33.1. The quantitative estimate of drug-likeness (QED) is 0.0110. The van der Waals surface area contributed by atoms with Gasteiger partial charge in [0.05, 0.1) is 24.3 Å². The summed E-state index contributed by atoms with van der Waals surface area (Å²) in [6, 6.07) is 24.7. The summed E-state index contributed by atoms with van der Waals surface area (Å²) < 4.78 is 22.0. The molecule has 0 unspecified atom stereocenters. The lowest BCUT2D eigenvalue weighted by Crippen LogP contribution is -2.24. The van der Waals surface area contributed by atoms with E-state index >= 15 is 0 Å². The highest BCUT2D eigenvalue weighted by Crippen LogP contribution is 2.32. The summed E-state index contributed by atoms with van der Waals surface area (Å²) in [4.78, 5) is 49.3. The van der Waals surface area contributed by atoms with E-state index in [0.29, 0.717) is 46.7 Å². The van der Waals surface area contributed by atoms with Gasteiger partial charge in [0, 0.05) is 47.7 Å². The zero-order valence-corrected chi connectivity index (χ0v) is 44.1.